The molecular formula is C24H27F2N3O4S. The Balaban J connectivity index is 1.57. The maximum atomic E-state index is 14.5. The fourth-order valence-corrected chi connectivity index (χ4v) is 5.02. The van der Waals surface area contributed by atoms with Crippen molar-refractivity contribution < 1.29 is 25.7 Å². The van der Waals surface area contributed by atoms with Crippen LogP contribution in [0.3, 0.4) is 0 Å². The van der Waals surface area contributed by atoms with Crippen LogP contribution in [-0.4, -0.2) is 38.4 Å². The molecule has 0 saturated carbocycles. The lowest BCUT2D eigenvalue weighted by Gasteiger charge is -2.42. The molecule has 1 unspecified atom stereocenters. The second-order valence-electron chi connectivity index (χ2n) is 8.69. The molecule has 2 aromatic rings. The van der Waals surface area contributed by atoms with Crippen molar-refractivity contribution in [2.45, 2.75) is 44.7 Å². The zero-order valence-electron chi connectivity index (χ0n) is 19.0. The topological polar surface area (TPSA) is 87.7 Å². The number of likely N-dealkylation sites (tertiary alicyclic amines) is 1. The molecule has 34 heavy (non-hydrogen) atoms. The summed E-state index contributed by atoms with van der Waals surface area (Å²) in [6.45, 7) is 4.94. The molecule has 2 aliphatic rings. The normalized spacial score (nSPS) is 23.1. The first-order valence-electron chi connectivity index (χ1n) is 11.2. The van der Waals surface area contributed by atoms with E-state index in [2.05, 4.69) is 14.8 Å². The third-order valence-electron chi connectivity index (χ3n) is 6.33. The highest BCUT2D eigenvalue weighted by Crippen LogP contribution is 2.44. The molecule has 0 aliphatic carbocycles. The molecule has 10 heteroatoms. The summed E-state index contributed by atoms with van der Waals surface area (Å²) in [5, 5.41) is 6.27. The van der Waals surface area contributed by atoms with Crippen LogP contribution < -0.4 is 14.8 Å². The number of anilines is 2. The van der Waals surface area contributed by atoms with E-state index in [0.717, 1.165) is 19.3 Å². The summed E-state index contributed by atoms with van der Waals surface area (Å²) < 4.78 is 53.3. The number of fused-ring (bicyclic) bond motifs is 1. The average molecular weight is 492 g/mol. The summed E-state index contributed by atoms with van der Waals surface area (Å²) in [7, 11) is -5.12. The number of carbonyl (C=O) groups is 1. The van der Waals surface area contributed by atoms with Crippen LogP contribution in [-0.2, 0) is 20.8 Å². The Labute approximate surface area is 198 Å². The van der Waals surface area contributed by atoms with Gasteiger partial charge in [-0.1, -0.05) is 29.0 Å². The van der Waals surface area contributed by atoms with Crippen molar-refractivity contribution >= 4 is 33.9 Å². The molecule has 0 aromatic heterocycles. The second-order valence-corrected chi connectivity index (χ2v) is 9.64. The predicted octanol–water partition coefficient (Wildman–Crippen LogP) is 4.59. The second kappa shape index (κ2) is 9.34. The number of nitrogens with zero attached hydrogens (tertiary/aromatic N) is 1. The monoisotopic (exact) mass is 491 g/mol. The van der Waals surface area contributed by atoms with E-state index in [0.29, 0.717) is 35.6 Å². The fourth-order valence-electron chi connectivity index (χ4n) is 4.69. The highest BCUT2D eigenvalue weighted by atomic mass is 32.3. The molecule has 1 saturated heterocycles. The van der Waals surface area contributed by atoms with Crippen molar-refractivity contribution in [3.63, 3.8) is 0 Å². The van der Waals surface area contributed by atoms with Crippen LogP contribution in [0.25, 0.3) is 6.08 Å². The number of nitrogens with one attached hydrogen (secondary N) is 2. The van der Waals surface area contributed by atoms with Gasteiger partial charge in [-0.25, -0.2) is 4.39 Å². The van der Waals surface area contributed by atoms with E-state index < -0.39 is 21.9 Å². The van der Waals surface area contributed by atoms with Gasteiger partial charge in [-0.2, -0.15) is 8.42 Å². The van der Waals surface area contributed by atoms with Gasteiger partial charge < -0.3 is 14.8 Å². The summed E-state index contributed by atoms with van der Waals surface area (Å²) in [6.07, 6.45) is 6.13. The van der Waals surface area contributed by atoms with Gasteiger partial charge in [0, 0.05) is 35.5 Å². The number of benzene rings is 2. The van der Waals surface area contributed by atoms with Gasteiger partial charge in [0.15, 0.2) is 0 Å². The zero-order valence-corrected chi connectivity index (χ0v) is 19.8. The molecule has 2 aliphatic heterocycles. The third kappa shape index (κ3) is 4.92. The van der Waals surface area contributed by atoms with Crippen LogP contribution in [0.15, 0.2) is 42.5 Å². The highest BCUT2D eigenvalue weighted by molar-refractivity contribution is 7.81. The quantitative estimate of drug-likeness (QED) is 0.551. The molecular weight excluding hydrogens is 464 g/mol. The lowest BCUT2D eigenvalue weighted by molar-refractivity contribution is -0.127. The predicted molar refractivity (Wildman–Crippen MR) is 127 cm³/mol. The SMILES string of the molecule is CC/C=C\c1cc(F)cc2c1NC(=O)C2(C)N1CCC[C@@H](Nc2cccc(OS(=O)(=O)F)c2)C1. The van der Waals surface area contributed by atoms with E-state index in [1.54, 1.807) is 12.1 Å². The minimum Gasteiger partial charge on any atom is -0.381 e. The maximum absolute atomic E-state index is 14.5. The lowest BCUT2D eigenvalue weighted by atomic mass is 9.87. The van der Waals surface area contributed by atoms with Crippen molar-refractivity contribution in [3.05, 3.63) is 59.4 Å². The van der Waals surface area contributed by atoms with Gasteiger partial charge in [-0.15, -0.1) is 0 Å². The van der Waals surface area contributed by atoms with Gasteiger partial charge >= 0.3 is 10.5 Å². The van der Waals surface area contributed by atoms with Crippen LogP contribution in [0.5, 0.6) is 5.75 Å². The number of carbonyl (C=O) groups excluding carboxylic acids is 1. The summed E-state index contributed by atoms with van der Waals surface area (Å²) >= 11 is 0. The van der Waals surface area contributed by atoms with Gasteiger partial charge in [-0.3, -0.25) is 9.69 Å². The smallest absolute Gasteiger partial charge is 0.381 e. The van der Waals surface area contributed by atoms with E-state index in [1.165, 1.54) is 24.3 Å². The summed E-state index contributed by atoms with van der Waals surface area (Å²) in [4.78, 5) is 15.2. The first kappa shape index (κ1) is 24.2. The number of piperidine rings is 1. The van der Waals surface area contributed by atoms with E-state index in [4.69, 9.17) is 0 Å². The van der Waals surface area contributed by atoms with Crippen molar-refractivity contribution in [2.24, 2.45) is 0 Å². The zero-order chi connectivity index (χ0) is 24.5. The van der Waals surface area contributed by atoms with Crippen LogP contribution in [0, 0.1) is 5.82 Å². The molecule has 2 atom stereocenters. The molecule has 182 valence electrons. The van der Waals surface area contributed by atoms with E-state index in [-0.39, 0.29) is 17.7 Å². The van der Waals surface area contributed by atoms with E-state index in [1.807, 2.05) is 30.9 Å². The Kier molecular flexibility index (Phi) is 6.64. The Morgan fingerprint density at radius 1 is 1.32 bits per heavy atom. The summed E-state index contributed by atoms with van der Waals surface area (Å²) in [5.41, 5.74) is 1.40. The molecule has 0 spiro atoms. The molecule has 4 rings (SSSR count). The van der Waals surface area contributed by atoms with Crippen LogP contribution in [0.4, 0.5) is 19.7 Å². The molecule has 2 N–H and O–H groups in total. The molecule has 7 nitrogen and oxygen atoms in total. The van der Waals surface area contributed by atoms with Gasteiger partial charge in [0.05, 0.1) is 5.69 Å². The van der Waals surface area contributed by atoms with Crippen LogP contribution in [0.1, 0.15) is 44.2 Å². The third-order valence-corrected chi connectivity index (χ3v) is 6.72. The van der Waals surface area contributed by atoms with Crippen molar-refractivity contribution in [1.29, 1.82) is 0 Å². The Morgan fingerprint density at radius 3 is 2.85 bits per heavy atom. The Hall–Kier alpha value is -2.98. The van der Waals surface area contributed by atoms with Gasteiger partial charge in [0.25, 0.3) is 0 Å². The number of amides is 1. The van der Waals surface area contributed by atoms with E-state index in [9.17, 15) is 21.5 Å². The van der Waals surface area contributed by atoms with Crippen molar-refractivity contribution in [3.8, 4) is 5.75 Å². The average Bonchev–Trinajstić information content (AvgIpc) is 3.03. The molecule has 2 aromatic carbocycles. The Bertz CT molecular complexity index is 1230. The van der Waals surface area contributed by atoms with Crippen molar-refractivity contribution in [1.82, 2.24) is 4.90 Å². The van der Waals surface area contributed by atoms with Crippen molar-refractivity contribution in [2.75, 3.05) is 23.7 Å². The molecule has 2 heterocycles. The summed E-state index contributed by atoms with van der Waals surface area (Å²) in [6, 6.07) is 8.78. The number of hydrogen-bond donors (Lipinski definition) is 2. The minimum atomic E-state index is -5.12. The Morgan fingerprint density at radius 2 is 2.12 bits per heavy atom. The number of allylic oxidation sites excluding steroid dienone is 1. The van der Waals surface area contributed by atoms with Crippen LogP contribution >= 0.6 is 0 Å². The molecule has 1 amide bonds. The standard InChI is InChI=1S/C24H27F2N3O4S/c1-3-4-7-16-12-17(25)13-21-22(16)28-23(30)24(21,2)29-11-6-9-19(15-29)27-18-8-5-10-20(14-18)33-34(26,31)32/h4-5,7-8,10,12-14,19,27H,3,6,9,11,15H2,1-2H3,(H,28,30)/b7-4-/t19-,24?/m1/s1. The number of halogens is 2. The molecule has 0 radical (unpaired) electrons. The van der Waals surface area contributed by atoms with Gasteiger partial charge in [-0.05, 0) is 57.0 Å². The minimum absolute atomic E-state index is 0.0762. The van der Waals surface area contributed by atoms with Gasteiger partial charge in [0.2, 0.25) is 5.91 Å². The number of rotatable bonds is 7. The summed E-state index contributed by atoms with van der Waals surface area (Å²) in [5.74, 6) is -0.744. The van der Waals surface area contributed by atoms with E-state index >= 15 is 0 Å². The lowest BCUT2D eigenvalue weighted by Crippen LogP contribution is -2.55. The fraction of sp³-hybridized carbons (Fsp3) is 0.375. The molecule has 0 bridgehead atoms. The first-order chi connectivity index (χ1) is 16.1. The highest BCUT2D eigenvalue weighted by Gasteiger charge is 2.49. The largest absolute Gasteiger partial charge is 0.488 e. The van der Waals surface area contributed by atoms with Gasteiger partial charge in [0.1, 0.15) is 17.1 Å². The van der Waals surface area contributed by atoms with Crippen LogP contribution in [0.2, 0.25) is 0 Å². The maximum Gasteiger partial charge on any atom is 0.488 e. The number of hydrogen-bond acceptors (Lipinski definition) is 6. The molecule has 1 fully saturated rings. The first-order valence-corrected chi connectivity index (χ1v) is 12.5.